The van der Waals surface area contributed by atoms with Crippen molar-refractivity contribution < 1.29 is 4.74 Å². The van der Waals surface area contributed by atoms with Gasteiger partial charge < -0.3 is 10.1 Å². The van der Waals surface area contributed by atoms with Crippen LogP contribution < -0.4 is 5.32 Å². The second kappa shape index (κ2) is 6.27. The van der Waals surface area contributed by atoms with E-state index in [0.29, 0.717) is 5.92 Å². The minimum Gasteiger partial charge on any atom is -0.381 e. The highest BCUT2D eigenvalue weighted by molar-refractivity contribution is 7.11. The molecule has 0 radical (unpaired) electrons. The van der Waals surface area contributed by atoms with Crippen molar-refractivity contribution in [1.82, 2.24) is 15.5 Å². The Morgan fingerprint density at radius 2 is 2.19 bits per heavy atom. The fourth-order valence-electron chi connectivity index (χ4n) is 1.82. The lowest BCUT2D eigenvalue weighted by molar-refractivity contribution is 0.0851. The normalized spacial score (nSPS) is 17.8. The molecule has 0 bridgehead atoms. The molecule has 0 amide bonds. The Balaban J connectivity index is 1.85. The molecule has 4 nitrogen and oxygen atoms in total. The van der Waals surface area contributed by atoms with Crippen LogP contribution in [0.4, 0.5) is 0 Å². The Kier molecular flexibility index (Phi) is 4.69. The molecule has 1 N–H and O–H groups in total. The molecule has 2 heterocycles. The summed E-state index contributed by atoms with van der Waals surface area (Å²) in [6.07, 6.45) is 3.35. The zero-order valence-electron chi connectivity index (χ0n) is 9.74. The van der Waals surface area contributed by atoms with Crippen LogP contribution in [0.2, 0.25) is 0 Å². The number of ether oxygens (including phenoxy) is 1. The van der Waals surface area contributed by atoms with E-state index < -0.39 is 0 Å². The number of aromatic nitrogens is 2. The second-order valence-electron chi connectivity index (χ2n) is 4.10. The Morgan fingerprint density at radius 3 is 2.94 bits per heavy atom. The van der Waals surface area contributed by atoms with E-state index in [-0.39, 0.29) is 0 Å². The van der Waals surface area contributed by atoms with Crippen LogP contribution in [-0.4, -0.2) is 30.0 Å². The Bertz CT molecular complexity index is 310. The average Bonchev–Trinajstić information content (AvgIpc) is 2.79. The lowest BCUT2D eigenvalue weighted by atomic mass is 10.0. The molecule has 0 aliphatic carbocycles. The van der Waals surface area contributed by atoms with Gasteiger partial charge in [0.15, 0.2) is 0 Å². The zero-order chi connectivity index (χ0) is 11.2. The average molecular weight is 241 g/mol. The summed E-state index contributed by atoms with van der Waals surface area (Å²) in [5.41, 5.74) is 0. The summed E-state index contributed by atoms with van der Waals surface area (Å²) in [4.78, 5) is 0. The standard InChI is InChI=1S/C11H19N3OS/c1-2-5-12-8-10-13-14-11(16-10)9-3-6-15-7-4-9/h9,12H,2-8H2,1H3. The van der Waals surface area contributed by atoms with Crippen molar-refractivity contribution >= 4 is 11.3 Å². The van der Waals surface area contributed by atoms with Gasteiger partial charge in [0.1, 0.15) is 10.0 Å². The van der Waals surface area contributed by atoms with Crippen molar-refractivity contribution in [3.63, 3.8) is 0 Å². The van der Waals surface area contributed by atoms with E-state index in [1.807, 2.05) is 0 Å². The molecule has 1 aromatic rings. The molecule has 0 atom stereocenters. The van der Waals surface area contributed by atoms with E-state index in [1.165, 1.54) is 5.01 Å². The predicted octanol–water partition coefficient (Wildman–Crippen LogP) is 1.93. The number of rotatable bonds is 5. The highest BCUT2D eigenvalue weighted by Gasteiger charge is 2.19. The van der Waals surface area contributed by atoms with Crippen LogP contribution in [0, 0.1) is 0 Å². The third-order valence-corrected chi connectivity index (χ3v) is 3.84. The summed E-state index contributed by atoms with van der Waals surface area (Å²) < 4.78 is 5.35. The largest absolute Gasteiger partial charge is 0.381 e. The van der Waals surface area contributed by atoms with Gasteiger partial charge >= 0.3 is 0 Å². The molecule has 0 spiro atoms. The maximum atomic E-state index is 5.35. The van der Waals surface area contributed by atoms with Gasteiger partial charge in [0, 0.05) is 25.7 Å². The first-order valence-corrected chi connectivity index (χ1v) is 6.82. The van der Waals surface area contributed by atoms with Gasteiger partial charge in [-0.3, -0.25) is 0 Å². The summed E-state index contributed by atoms with van der Waals surface area (Å²) in [6.45, 7) is 5.81. The highest BCUT2D eigenvalue weighted by atomic mass is 32.1. The van der Waals surface area contributed by atoms with Crippen molar-refractivity contribution in [2.45, 2.75) is 38.6 Å². The topological polar surface area (TPSA) is 47.0 Å². The fraction of sp³-hybridized carbons (Fsp3) is 0.818. The van der Waals surface area contributed by atoms with Gasteiger partial charge in [0.25, 0.3) is 0 Å². The minimum absolute atomic E-state index is 0.575. The molecule has 2 rings (SSSR count). The lowest BCUT2D eigenvalue weighted by Gasteiger charge is -2.18. The number of hydrogen-bond donors (Lipinski definition) is 1. The van der Waals surface area contributed by atoms with E-state index in [4.69, 9.17) is 4.74 Å². The monoisotopic (exact) mass is 241 g/mol. The summed E-state index contributed by atoms with van der Waals surface area (Å²) in [5.74, 6) is 0.575. The molecular formula is C11H19N3OS. The molecule has 1 aliphatic rings. The first kappa shape index (κ1) is 12.0. The van der Waals surface area contributed by atoms with E-state index in [2.05, 4.69) is 22.4 Å². The molecule has 90 valence electrons. The third-order valence-electron chi connectivity index (χ3n) is 2.76. The van der Waals surface area contributed by atoms with E-state index >= 15 is 0 Å². The number of hydrogen-bond acceptors (Lipinski definition) is 5. The Morgan fingerprint density at radius 1 is 1.38 bits per heavy atom. The van der Waals surface area contributed by atoms with Crippen LogP contribution in [0.3, 0.4) is 0 Å². The lowest BCUT2D eigenvalue weighted by Crippen LogP contribution is -2.13. The van der Waals surface area contributed by atoms with E-state index in [0.717, 1.165) is 50.6 Å². The van der Waals surface area contributed by atoms with Crippen LogP contribution in [0.1, 0.15) is 42.1 Å². The summed E-state index contributed by atoms with van der Waals surface area (Å²) >= 11 is 1.75. The van der Waals surface area contributed by atoms with Crippen molar-refractivity contribution in [2.24, 2.45) is 0 Å². The van der Waals surface area contributed by atoms with Crippen molar-refractivity contribution in [1.29, 1.82) is 0 Å². The second-order valence-corrected chi connectivity index (χ2v) is 5.19. The summed E-state index contributed by atoms with van der Waals surface area (Å²) in [5, 5.41) is 14.2. The van der Waals surface area contributed by atoms with Gasteiger partial charge in [-0.15, -0.1) is 10.2 Å². The maximum absolute atomic E-state index is 5.35. The smallest absolute Gasteiger partial charge is 0.131 e. The zero-order valence-corrected chi connectivity index (χ0v) is 10.6. The first-order chi connectivity index (χ1) is 7.90. The minimum atomic E-state index is 0.575. The van der Waals surface area contributed by atoms with Gasteiger partial charge in [-0.2, -0.15) is 0 Å². The van der Waals surface area contributed by atoms with Crippen molar-refractivity contribution in [3.05, 3.63) is 10.0 Å². The quantitative estimate of drug-likeness (QED) is 0.800. The van der Waals surface area contributed by atoms with Crippen LogP contribution in [0.15, 0.2) is 0 Å². The molecule has 1 fully saturated rings. The van der Waals surface area contributed by atoms with Gasteiger partial charge in [-0.25, -0.2) is 0 Å². The van der Waals surface area contributed by atoms with Crippen LogP contribution >= 0.6 is 11.3 Å². The summed E-state index contributed by atoms with van der Waals surface area (Å²) in [6, 6.07) is 0. The van der Waals surface area contributed by atoms with Crippen LogP contribution in [-0.2, 0) is 11.3 Å². The highest BCUT2D eigenvalue weighted by Crippen LogP contribution is 2.28. The molecule has 1 aliphatic heterocycles. The van der Waals surface area contributed by atoms with Crippen LogP contribution in [0.25, 0.3) is 0 Å². The molecule has 16 heavy (non-hydrogen) atoms. The molecule has 0 aromatic carbocycles. The molecule has 0 saturated carbocycles. The number of nitrogens with one attached hydrogen (secondary N) is 1. The maximum Gasteiger partial charge on any atom is 0.131 e. The molecular weight excluding hydrogens is 222 g/mol. The van der Waals surface area contributed by atoms with Gasteiger partial charge in [-0.1, -0.05) is 18.3 Å². The van der Waals surface area contributed by atoms with Gasteiger partial charge in [0.05, 0.1) is 0 Å². The van der Waals surface area contributed by atoms with Gasteiger partial charge in [0.2, 0.25) is 0 Å². The molecule has 0 unspecified atom stereocenters. The number of nitrogens with zero attached hydrogens (tertiary/aromatic N) is 2. The SMILES string of the molecule is CCCNCc1nnc(C2CCOCC2)s1. The van der Waals surface area contributed by atoms with E-state index in [9.17, 15) is 0 Å². The Labute approximate surface area is 100 Å². The predicted molar refractivity (Wildman–Crippen MR) is 64.7 cm³/mol. The first-order valence-electron chi connectivity index (χ1n) is 6.01. The third kappa shape index (κ3) is 3.23. The molecule has 1 aromatic heterocycles. The fourth-order valence-corrected chi connectivity index (χ4v) is 2.80. The summed E-state index contributed by atoms with van der Waals surface area (Å²) in [7, 11) is 0. The van der Waals surface area contributed by atoms with Gasteiger partial charge in [-0.05, 0) is 25.8 Å². The molecule has 5 heteroatoms. The van der Waals surface area contributed by atoms with Crippen molar-refractivity contribution in [3.8, 4) is 0 Å². The van der Waals surface area contributed by atoms with Crippen molar-refractivity contribution in [2.75, 3.05) is 19.8 Å². The Hall–Kier alpha value is -0.520. The van der Waals surface area contributed by atoms with E-state index in [1.54, 1.807) is 11.3 Å². The van der Waals surface area contributed by atoms with Crippen LogP contribution in [0.5, 0.6) is 0 Å². The molecule has 1 saturated heterocycles.